The van der Waals surface area contributed by atoms with Crippen molar-refractivity contribution >= 4 is 39.2 Å². The molecular formula is C23H24N4O3S2. The number of nitrogens with zero attached hydrogens (tertiary/aromatic N) is 3. The van der Waals surface area contributed by atoms with E-state index in [2.05, 4.69) is 11.4 Å². The van der Waals surface area contributed by atoms with Crippen LogP contribution in [0.3, 0.4) is 0 Å². The van der Waals surface area contributed by atoms with Gasteiger partial charge in [-0.15, -0.1) is 11.3 Å². The molecule has 1 atom stereocenters. The number of amides is 1. The lowest BCUT2D eigenvalue weighted by Gasteiger charge is -2.22. The number of hydrogen-bond acceptors (Lipinski definition) is 7. The van der Waals surface area contributed by atoms with E-state index >= 15 is 0 Å². The quantitative estimate of drug-likeness (QED) is 0.417. The molecule has 0 radical (unpaired) electrons. The third kappa shape index (κ3) is 3.97. The van der Waals surface area contributed by atoms with Gasteiger partial charge in [0.25, 0.3) is 5.56 Å². The molecular weight excluding hydrogens is 444 g/mol. The lowest BCUT2D eigenvalue weighted by Crippen LogP contribution is -2.47. The smallest absolute Gasteiger partial charge is 0.263 e. The Morgan fingerprint density at radius 2 is 2.25 bits per heavy atom. The zero-order valence-corrected chi connectivity index (χ0v) is 19.5. The molecule has 3 aromatic rings. The predicted molar refractivity (Wildman–Crippen MR) is 124 cm³/mol. The van der Waals surface area contributed by atoms with Crippen molar-refractivity contribution in [3.05, 3.63) is 45.0 Å². The minimum absolute atomic E-state index is 0.0754. The van der Waals surface area contributed by atoms with E-state index in [-0.39, 0.29) is 29.7 Å². The van der Waals surface area contributed by atoms with Gasteiger partial charge in [-0.2, -0.15) is 5.26 Å². The van der Waals surface area contributed by atoms with Gasteiger partial charge in [0.2, 0.25) is 5.91 Å². The Balaban J connectivity index is 1.46. The van der Waals surface area contributed by atoms with Crippen LogP contribution in [0.15, 0.2) is 32.8 Å². The molecule has 9 heteroatoms. The number of aromatic nitrogens is 2. The first-order chi connectivity index (χ1) is 15.5. The van der Waals surface area contributed by atoms with E-state index in [9.17, 15) is 14.9 Å². The number of aryl methyl sites for hydroxylation is 2. The molecule has 0 aromatic carbocycles. The monoisotopic (exact) mass is 468 g/mol. The van der Waals surface area contributed by atoms with Crippen molar-refractivity contribution < 1.29 is 9.21 Å². The molecule has 2 aliphatic rings. The SMILES string of the molecule is CC(C#N)(NC(=O)CSc1nc2sc3c(c2c(=O)n1Cc1ccco1)CCCC3)C1CC1. The number of thiophene rings is 1. The van der Waals surface area contributed by atoms with Crippen LogP contribution in [-0.2, 0) is 24.2 Å². The van der Waals surface area contributed by atoms with Gasteiger partial charge in [0.15, 0.2) is 5.16 Å². The van der Waals surface area contributed by atoms with Crippen LogP contribution in [0.1, 0.15) is 48.8 Å². The Morgan fingerprint density at radius 1 is 1.44 bits per heavy atom. The Hall–Kier alpha value is -2.57. The maximum Gasteiger partial charge on any atom is 0.263 e. The number of carbonyl (C=O) groups is 1. The third-order valence-corrected chi connectivity index (χ3v) is 8.45. The van der Waals surface area contributed by atoms with E-state index < -0.39 is 5.54 Å². The zero-order valence-electron chi connectivity index (χ0n) is 17.8. The molecule has 2 aliphatic carbocycles. The molecule has 0 spiro atoms. The lowest BCUT2D eigenvalue weighted by molar-refractivity contribution is -0.119. The molecule has 32 heavy (non-hydrogen) atoms. The highest BCUT2D eigenvalue weighted by Crippen LogP contribution is 2.39. The number of furan rings is 1. The molecule has 1 unspecified atom stereocenters. The number of carbonyl (C=O) groups excluding carboxylic acids is 1. The summed E-state index contributed by atoms with van der Waals surface area (Å²) in [6, 6.07) is 5.87. The number of nitriles is 1. The molecule has 3 aromatic heterocycles. The molecule has 166 valence electrons. The van der Waals surface area contributed by atoms with Crippen LogP contribution in [0.4, 0.5) is 0 Å². The summed E-state index contributed by atoms with van der Waals surface area (Å²) >= 11 is 2.83. The van der Waals surface area contributed by atoms with Crippen LogP contribution < -0.4 is 10.9 Å². The van der Waals surface area contributed by atoms with Crippen LogP contribution in [0.5, 0.6) is 0 Å². The summed E-state index contributed by atoms with van der Waals surface area (Å²) in [6.07, 6.45) is 7.64. The Morgan fingerprint density at radius 3 is 2.97 bits per heavy atom. The van der Waals surface area contributed by atoms with Crippen molar-refractivity contribution in [2.75, 3.05) is 5.75 Å². The summed E-state index contributed by atoms with van der Waals surface area (Å²) in [7, 11) is 0. The van der Waals surface area contributed by atoms with Gasteiger partial charge in [0.05, 0.1) is 30.0 Å². The molecule has 0 saturated heterocycles. The largest absolute Gasteiger partial charge is 0.467 e. The van der Waals surface area contributed by atoms with Crippen molar-refractivity contribution in [2.45, 2.75) is 62.7 Å². The van der Waals surface area contributed by atoms with Gasteiger partial charge in [-0.25, -0.2) is 4.98 Å². The molecule has 5 rings (SSSR count). The first-order valence-corrected chi connectivity index (χ1v) is 12.7. The molecule has 1 amide bonds. The minimum Gasteiger partial charge on any atom is -0.467 e. The number of rotatable bonds is 7. The summed E-state index contributed by atoms with van der Waals surface area (Å²) in [5, 5.41) is 13.6. The number of thioether (sulfide) groups is 1. The second-order valence-corrected chi connectivity index (χ2v) is 10.7. The minimum atomic E-state index is -0.838. The van der Waals surface area contributed by atoms with Gasteiger partial charge < -0.3 is 9.73 Å². The van der Waals surface area contributed by atoms with Gasteiger partial charge in [-0.3, -0.25) is 14.2 Å². The summed E-state index contributed by atoms with van der Waals surface area (Å²) in [5.41, 5.74) is 0.231. The maximum atomic E-state index is 13.6. The molecule has 1 saturated carbocycles. The van der Waals surface area contributed by atoms with Crippen LogP contribution in [-0.4, -0.2) is 26.8 Å². The van der Waals surface area contributed by atoms with Gasteiger partial charge in [0, 0.05) is 4.88 Å². The Labute approximate surface area is 193 Å². The fourth-order valence-corrected chi connectivity index (χ4v) is 6.47. The first kappa shape index (κ1) is 21.3. The average Bonchev–Trinajstić information content (AvgIpc) is 3.41. The highest BCUT2D eigenvalue weighted by atomic mass is 32.2. The van der Waals surface area contributed by atoms with Crippen LogP contribution in [0, 0.1) is 17.2 Å². The second-order valence-electron chi connectivity index (χ2n) is 8.68. The summed E-state index contributed by atoms with van der Waals surface area (Å²) < 4.78 is 7.10. The van der Waals surface area contributed by atoms with Crippen molar-refractivity contribution in [2.24, 2.45) is 5.92 Å². The fourth-order valence-electron chi connectivity index (χ4n) is 4.37. The number of fused-ring (bicyclic) bond motifs is 3. The van der Waals surface area contributed by atoms with Crippen LogP contribution in [0.25, 0.3) is 10.2 Å². The normalized spacial score (nSPS) is 17.5. The molecule has 1 fully saturated rings. The average molecular weight is 469 g/mol. The Kier molecular flexibility index (Phi) is 5.59. The summed E-state index contributed by atoms with van der Waals surface area (Å²) in [4.78, 5) is 33.0. The standard InChI is InChI=1S/C23H24N4O3S2/c1-23(13-24,14-8-9-14)26-18(28)12-31-22-25-20-19(16-6-2-3-7-17(16)32-20)21(29)27(22)11-15-5-4-10-30-15/h4-5,10,14H,2-3,6-9,11-12H2,1H3,(H,26,28). The van der Waals surface area contributed by atoms with E-state index in [1.165, 1.54) is 16.6 Å². The van der Waals surface area contributed by atoms with Crippen LogP contribution in [0.2, 0.25) is 0 Å². The highest BCUT2D eigenvalue weighted by Gasteiger charge is 2.43. The van der Waals surface area contributed by atoms with E-state index in [0.717, 1.165) is 54.3 Å². The van der Waals surface area contributed by atoms with Gasteiger partial charge >= 0.3 is 0 Å². The van der Waals surface area contributed by atoms with Gasteiger partial charge in [0.1, 0.15) is 16.1 Å². The zero-order chi connectivity index (χ0) is 22.3. The van der Waals surface area contributed by atoms with Gasteiger partial charge in [-0.05, 0) is 69.1 Å². The highest BCUT2D eigenvalue weighted by molar-refractivity contribution is 7.99. The van der Waals surface area contributed by atoms with Crippen molar-refractivity contribution in [3.8, 4) is 6.07 Å². The van der Waals surface area contributed by atoms with Crippen LogP contribution >= 0.6 is 23.1 Å². The molecule has 7 nitrogen and oxygen atoms in total. The van der Waals surface area contributed by atoms with E-state index in [1.807, 2.05) is 6.07 Å². The van der Waals surface area contributed by atoms with E-state index in [4.69, 9.17) is 9.40 Å². The first-order valence-electron chi connectivity index (χ1n) is 10.9. The summed E-state index contributed by atoms with van der Waals surface area (Å²) in [6.45, 7) is 2.04. The Bertz CT molecular complexity index is 1270. The van der Waals surface area contributed by atoms with Gasteiger partial charge in [-0.1, -0.05) is 11.8 Å². The topological polar surface area (TPSA) is 101 Å². The maximum absolute atomic E-state index is 13.6. The van der Waals surface area contributed by atoms with Crippen molar-refractivity contribution in [1.82, 2.24) is 14.9 Å². The lowest BCUT2D eigenvalue weighted by atomic mass is 9.97. The summed E-state index contributed by atoms with van der Waals surface area (Å²) in [5.74, 6) is 0.737. The molecule has 0 aliphatic heterocycles. The van der Waals surface area contributed by atoms with Crippen molar-refractivity contribution in [1.29, 1.82) is 5.26 Å². The molecule has 3 heterocycles. The van der Waals surface area contributed by atoms with E-state index in [0.29, 0.717) is 10.9 Å². The second kappa shape index (κ2) is 8.41. The molecule has 1 N–H and O–H groups in total. The van der Waals surface area contributed by atoms with Crippen molar-refractivity contribution in [3.63, 3.8) is 0 Å². The predicted octanol–water partition coefficient (Wildman–Crippen LogP) is 3.88. The third-order valence-electron chi connectivity index (χ3n) is 6.29. The molecule has 0 bridgehead atoms. The number of nitrogens with one attached hydrogen (secondary N) is 1. The number of hydrogen-bond donors (Lipinski definition) is 1. The van der Waals surface area contributed by atoms with E-state index in [1.54, 1.807) is 35.2 Å². The fraction of sp³-hybridized carbons (Fsp3) is 0.478.